The third-order valence-corrected chi connectivity index (χ3v) is 5.20. The van der Waals surface area contributed by atoms with E-state index >= 15 is 0 Å². The van der Waals surface area contributed by atoms with Crippen LogP contribution in [0.2, 0.25) is 0 Å². The average Bonchev–Trinajstić information content (AvgIpc) is 2.89. The van der Waals surface area contributed by atoms with Gasteiger partial charge in [0.25, 0.3) is 0 Å². The van der Waals surface area contributed by atoms with Crippen LogP contribution in [0.3, 0.4) is 0 Å². The van der Waals surface area contributed by atoms with E-state index in [0.29, 0.717) is 5.92 Å². The first-order valence-electron chi connectivity index (χ1n) is 6.65. The fourth-order valence-corrected chi connectivity index (χ4v) is 4.09. The van der Waals surface area contributed by atoms with E-state index in [0.717, 1.165) is 23.6 Å². The molecular formula is C13H21NO3S. The van der Waals surface area contributed by atoms with Crippen LogP contribution in [0, 0.1) is 17.8 Å². The van der Waals surface area contributed by atoms with E-state index in [9.17, 15) is 9.59 Å². The molecule has 0 spiro atoms. The molecule has 4 nitrogen and oxygen atoms in total. The largest absolute Gasteiger partial charge is 0.481 e. The van der Waals surface area contributed by atoms with Crippen molar-refractivity contribution < 1.29 is 14.7 Å². The van der Waals surface area contributed by atoms with Crippen LogP contribution in [0.5, 0.6) is 0 Å². The zero-order chi connectivity index (χ0) is 13.1. The molecule has 1 amide bonds. The minimum Gasteiger partial charge on any atom is -0.481 e. The summed E-state index contributed by atoms with van der Waals surface area (Å²) in [5.41, 5.74) is 0. The van der Waals surface area contributed by atoms with Crippen LogP contribution in [0.15, 0.2) is 0 Å². The molecule has 0 aliphatic heterocycles. The van der Waals surface area contributed by atoms with E-state index in [-0.39, 0.29) is 23.5 Å². The van der Waals surface area contributed by atoms with Gasteiger partial charge in [-0.05, 0) is 43.9 Å². The quantitative estimate of drug-likeness (QED) is 0.772. The summed E-state index contributed by atoms with van der Waals surface area (Å²) in [6.07, 6.45) is 5.30. The molecule has 5 heteroatoms. The third kappa shape index (κ3) is 3.40. The van der Waals surface area contributed by atoms with Crippen molar-refractivity contribution in [2.45, 2.75) is 38.6 Å². The number of carbonyl (C=O) groups excluding carboxylic acids is 1. The molecule has 0 heterocycles. The van der Waals surface area contributed by atoms with Gasteiger partial charge in [0.2, 0.25) is 5.91 Å². The minimum absolute atomic E-state index is 0.00404. The average molecular weight is 271 g/mol. The van der Waals surface area contributed by atoms with Crippen LogP contribution < -0.4 is 5.32 Å². The lowest BCUT2D eigenvalue weighted by molar-refractivity contribution is -0.133. The number of thioether (sulfide) groups is 1. The first-order valence-corrected chi connectivity index (χ1v) is 7.80. The third-order valence-electron chi connectivity index (χ3n) is 4.28. The van der Waals surface area contributed by atoms with Gasteiger partial charge in [-0.3, -0.25) is 9.59 Å². The van der Waals surface area contributed by atoms with Crippen LogP contribution in [-0.4, -0.2) is 34.5 Å². The van der Waals surface area contributed by atoms with Gasteiger partial charge < -0.3 is 10.4 Å². The summed E-state index contributed by atoms with van der Waals surface area (Å²) in [5, 5.41) is 11.5. The molecule has 0 aromatic carbocycles. The number of rotatable bonds is 6. The van der Waals surface area contributed by atoms with Crippen LogP contribution >= 0.6 is 11.8 Å². The highest BCUT2D eigenvalue weighted by atomic mass is 32.2. The highest BCUT2D eigenvalue weighted by Crippen LogP contribution is 2.49. The second-order valence-corrected chi connectivity index (χ2v) is 6.57. The van der Waals surface area contributed by atoms with E-state index in [4.69, 9.17) is 5.11 Å². The molecule has 0 aromatic heterocycles. The minimum atomic E-state index is -0.867. The Morgan fingerprint density at radius 3 is 2.67 bits per heavy atom. The topological polar surface area (TPSA) is 66.4 Å². The van der Waals surface area contributed by atoms with Crippen molar-refractivity contribution in [2.24, 2.45) is 17.8 Å². The summed E-state index contributed by atoms with van der Waals surface area (Å²) in [7, 11) is 0. The van der Waals surface area contributed by atoms with Crippen LogP contribution in [0.1, 0.15) is 32.6 Å². The van der Waals surface area contributed by atoms with Crippen LogP contribution in [0.4, 0.5) is 0 Å². The first kappa shape index (κ1) is 13.7. The number of carboxylic acids is 1. The Hall–Kier alpha value is -0.710. The van der Waals surface area contributed by atoms with Gasteiger partial charge in [0.05, 0.1) is 11.5 Å². The van der Waals surface area contributed by atoms with Crippen molar-refractivity contribution in [3.63, 3.8) is 0 Å². The number of nitrogens with one attached hydrogen (secondary N) is 1. The molecule has 2 saturated carbocycles. The molecule has 102 valence electrons. The van der Waals surface area contributed by atoms with Gasteiger partial charge in [0.1, 0.15) is 0 Å². The maximum atomic E-state index is 11.7. The Morgan fingerprint density at radius 2 is 2.11 bits per heavy atom. The summed E-state index contributed by atoms with van der Waals surface area (Å²) in [4.78, 5) is 22.0. The monoisotopic (exact) mass is 271 g/mol. The molecule has 0 aromatic rings. The van der Waals surface area contributed by atoms with Gasteiger partial charge >= 0.3 is 5.97 Å². The molecule has 0 saturated heterocycles. The maximum Gasteiger partial charge on any atom is 0.313 e. The summed E-state index contributed by atoms with van der Waals surface area (Å²) in [5.74, 6) is 1.67. The predicted molar refractivity (Wildman–Crippen MR) is 71.5 cm³/mol. The van der Waals surface area contributed by atoms with E-state index < -0.39 is 5.97 Å². The number of amides is 1. The molecule has 2 aliphatic carbocycles. The number of hydrogen-bond donors (Lipinski definition) is 2. The second kappa shape index (κ2) is 5.95. The number of carboxylic acid groups (broad SMARTS) is 1. The Bertz CT molecular complexity index is 334. The Kier molecular flexibility index (Phi) is 4.54. The lowest BCUT2D eigenvalue weighted by Gasteiger charge is -2.28. The lowest BCUT2D eigenvalue weighted by atomic mass is 9.84. The number of carbonyl (C=O) groups is 2. The standard InChI is InChI=1S/C13H21NO3S/c1-8(11-5-9-2-3-10(11)4-9)14-12(15)6-18-7-13(16)17/h8-11H,2-7H2,1H3,(H,14,15)(H,16,17)/t8-,9-,10-,11+/m1/s1. The molecule has 0 radical (unpaired) electrons. The smallest absolute Gasteiger partial charge is 0.313 e. The number of aliphatic carboxylic acids is 1. The fourth-order valence-electron chi connectivity index (χ4n) is 3.54. The normalized spacial score (nSPS) is 31.3. The molecule has 4 atom stereocenters. The van der Waals surface area contributed by atoms with Crippen molar-refractivity contribution in [2.75, 3.05) is 11.5 Å². The highest BCUT2D eigenvalue weighted by Gasteiger charge is 2.42. The highest BCUT2D eigenvalue weighted by molar-refractivity contribution is 8.00. The van der Waals surface area contributed by atoms with E-state index in [1.54, 1.807) is 0 Å². The van der Waals surface area contributed by atoms with Crippen LogP contribution in [-0.2, 0) is 9.59 Å². The van der Waals surface area contributed by atoms with E-state index in [1.165, 1.54) is 25.7 Å². The van der Waals surface area contributed by atoms with E-state index in [2.05, 4.69) is 12.2 Å². The molecule has 2 rings (SSSR count). The van der Waals surface area contributed by atoms with Gasteiger partial charge in [0, 0.05) is 6.04 Å². The van der Waals surface area contributed by atoms with Gasteiger partial charge in [-0.15, -0.1) is 11.8 Å². The molecule has 0 unspecified atom stereocenters. The van der Waals surface area contributed by atoms with Crippen molar-refractivity contribution in [1.82, 2.24) is 5.32 Å². The Balaban J connectivity index is 1.69. The molecule has 2 N–H and O–H groups in total. The van der Waals surface area contributed by atoms with Gasteiger partial charge in [-0.25, -0.2) is 0 Å². The number of hydrogen-bond acceptors (Lipinski definition) is 3. The molecule has 2 bridgehead atoms. The Morgan fingerprint density at radius 1 is 1.33 bits per heavy atom. The zero-order valence-corrected chi connectivity index (χ0v) is 11.5. The van der Waals surface area contributed by atoms with Crippen molar-refractivity contribution in [1.29, 1.82) is 0 Å². The zero-order valence-electron chi connectivity index (χ0n) is 10.7. The second-order valence-electron chi connectivity index (χ2n) is 5.58. The molecule has 2 fully saturated rings. The summed E-state index contributed by atoms with van der Waals surface area (Å²) in [6, 6.07) is 0.234. The van der Waals surface area contributed by atoms with Crippen molar-refractivity contribution >= 4 is 23.6 Å². The van der Waals surface area contributed by atoms with Crippen molar-refractivity contribution in [3.05, 3.63) is 0 Å². The lowest BCUT2D eigenvalue weighted by Crippen LogP contribution is -2.41. The molecule has 18 heavy (non-hydrogen) atoms. The van der Waals surface area contributed by atoms with Gasteiger partial charge in [-0.2, -0.15) is 0 Å². The predicted octanol–water partition coefficient (Wildman–Crippen LogP) is 1.75. The first-order chi connectivity index (χ1) is 8.56. The summed E-state index contributed by atoms with van der Waals surface area (Å²) in [6.45, 7) is 2.09. The Labute approximate surface area is 112 Å². The summed E-state index contributed by atoms with van der Waals surface area (Å²) >= 11 is 1.16. The SMILES string of the molecule is C[C@@H](NC(=O)CSCC(=O)O)[C@@H]1C[C@@H]2CC[C@@H]1C2. The van der Waals surface area contributed by atoms with E-state index in [1.807, 2.05) is 0 Å². The van der Waals surface area contributed by atoms with Gasteiger partial charge in [-0.1, -0.05) is 6.42 Å². The number of fused-ring (bicyclic) bond motifs is 2. The van der Waals surface area contributed by atoms with Gasteiger partial charge in [0.15, 0.2) is 0 Å². The van der Waals surface area contributed by atoms with Crippen LogP contribution in [0.25, 0.3) is 0 Å². The molecular weight excluding hydrogens is 250 g/mol. The maximum absolute atomic E-state index is 11.7. The summed E-state index contributed by atoms with van der Waals surface area (Å²) < 4.78 is 0. The fraction of sp³-hybridized carbons (Fsp3) is 0.846. The van der Waals surface area contributed by atoms with Crippen molar-refractivity contribution in [3.8, 4) is 0 Å². The molecule has 2 aliphatic rings.